The van der Waals surface area contributed by atoms with Crippen LogP contribution in [0.4, 0.5) is 0 Å². The van der Waals surface area contributed by atoms with Crippen LogP contribution in [0.2, 0.25) is 0 Å². The first-order chi connectivity index (χ1) is 14.2. The SMILES string of the molecule is C=C(/C=C\C=C/C)C(c1ccccc1)C(C)/C=C\C=C/C.CC.CC.CC.CO. The molecule has 29 heavy (non-hydrogen) atoms. The Morgan fingerprint density at radius 3 is 1.69 bits per heavy atom. The zero-order chi connectivity index (χ0) is 23.5. The maximum absolute atomic E-state index is 7.00. The lowest BCUT2D eigenvalue weighted by Crippen LogP contribution is -2.09. The van der Waals surface area contributed by atoms with E-state index < -0.39 is 0 Å². The van der Waals surface area contributed by atoms with Crippen LogP contribution in [-0.4, -0.2) is 12.2 Å². The van der Waals surface area contributed by atoms with E-state index in [0.717, 1.165) is 12.7 Å². The molecule has 2 atom stereocenters. The van der Waals surface area contributed by atoms with Crippen molar-refractivity contribution in [3.8, 4) is 0 Å². The van der Waals surface area contributed by atoms with Gasteiger partial charge in [0, 0.05) is 13.0 Å². The molecule has 1 aromatic carbocycles. The second kappa shape index (κ2) is 30.6. The van der Waals surface area contributed by atoms with E-state index in [1.165, 1.54) is 5.56 Å². The van der Waals surface area contributed by atoms with E-state index in [9.17, 15) is 0 Å². The summed E-state index contributed by atoms with van der Waals surface area (Å²) in [6, 6.07) is 10.6. The van der Waals surface area contributed by atoms with Crippen molar-refractivity contribution in [3.63, 3.8) is 0 Å². The molecule has 166 valence electrons. The summed E-state index contributed by atoms with van der Waals surface area (Å²) >= 11 is 0. The maximum Gasteiger partial charge on any atom is 0.0319 e. The van der Waals surface area contributed by atoms with Crippen LogP contribution in [0.15, 0.2) is 91.1 Å². The lowest BCUT2D eigenvalue weighted by atomic mass is 9.81. The Morgan fingerprint density at radius 2 is 1.24 bits per heavy atom. The summed E-state index contributed by atoms with van der Waals surface area (Å²) in [6.07, 6.45) is 16.7. The van der Waals surface area contributed by atoms with Gasteiger partial charge in [-0.15, -0.1) is 0 Å². The average molecular weight is 401 g/mol. The fourth-order valence-electron chi connectivity index (χ4n) is 2.37. The summed E-state index contributed by atoms with van der Waals surface area (Å²) in [5.41, 5.74) is 2.45. The third kappa shape index (κ3) is 19.0. The molecule has 1 nitrogen and oxygen atoms in total. The highest BCUT2D eigenvalue weighted by Gasteiger charge is 2.18. The number of aliphatic hydroxyl groups excluding tert-OH is 1. The van der Waals surface area contributed by atoms with Crippen molar-refractivity contribution < 1.29 is 5.11 Å². The molecular formula is C28H48O. The Kier molecular flexibility index (Phi) is 36.3. The predicted molar refractivity (Wildman–Crippen MR) is 138 cm³/mol. The van der Waals surface area contributed by atoms with Gasteiger partial charge < -0.3 is 5.11 Å². The Bertz CT molecular complexity index is 533. The first-order valence-electron chi connectivity index (χ1n) is 11.0. The van der Waals surface area contributed by atoms with Gasteiger partial charge in [0.25, 0.3) is 0 Å². The topological polar surface area (TPSA) is 20.2 Å². The Balaban J connectivity index is -0.000000347. The van der Waals surface area contributed by atoms with Crippen LogP contribution in [0.1, 0.15) is 73.8 Å². The van der Waals surface area contributed by atoms with Crippen molar-refractivity contribution in [1.82, 2.24) is 0 Å². The van der Waals surface area contributed by atoms with Crippen molar-refractivity contribution in [1.29, 1.82) is 0 Å². The first-order valence-corrected chi connectivity index (χ1v) is 11.0. The van der Waals surface area contributed by atoms with Crippen LogP contribution in [0, 0.1) is 5.92 Å². The highest BCUT2D eigenvalue weighted by Crippen LogP contribution is 2.32. The second-order valence-corrected chi connectivity index (χ2v) is 5.12. The molecule has 1 aromatic rings. The van der Waals surface area contributed by atoms with Crippen molar-refractivity contribution >= 4 is 0 Å². The van der Waals surface area contributed by atoms with Crippen molar-refractivity contribution in [2.24, 2.45) is 5.92 Å². The van der Waals surface area contributed by atoms with Gasteiger partial charge in [-0.25, -0.2) is 0 Å². The summed E-state index contributed by atoms with van der Waals surface area (Å²) in [4.78, 5) is 0. The average Bonchev–Trinajstić information content (AvgIpc) is 2.80. The zero-order valence-corrected chi connectivity index (χ0v) is 20.8. The first kappa shape index (κ1) is 34.4. The smallest absolute Gasteiger partial charge is 0.0319 e. The largest absolute Gasteiger partial charge is 0.400 e. The molecule has 0 aliphatic heterocycles. The number of allylic oxidation sites excluding steroid dienone is 9. The van der Waals surface area contributed by atoms with Gasteiger partial charge in [0.1, 0.15) is 0 Å². The van der Waals surface area contributed by atoms with Gasteiger partial charge in [-0.2, -0.15) is 0 Å². The van der Waals surface area contributed by atoms with Crippen molar-refractivity contribution in [3.05, 3.63) is 96.7 Å². The van der Waals surface area contributed by atoms with Gasteiger partial charge in [0.15, 0.2) is 0 Å². The summed E-state index contributed by atoms with van der Waals surface area (Å²) < 4.78 is 0. The second-order valence-electron chi connectivity index (χ2n) is 5.12. The highest BCUT2D eigenvalue weighted by atomic mass is 16.2. The number of hydrogen-bond donors (Lipinski definition) is 1. The number of aliphatic hydroxyl groups is 1. The summed E-state index contributed by atoms with van der Waals surface area (Å²) in [5, 5.41) is 7.00. The van der Waals surface area contributed by atoms with Crippen LogP contribution in [-0.2, 0) is 0 Å². The van der Waals surface area contributed by atoms with Gasteiger partial charge in [0.2, 0.25) is 0 Å². The molecular weight excluding hydrogens is 352 g/mol. The van der Waals surface area contributed by atoms with E-state index in [2.05, 4.69) is 74.2 Å². The van der Waals surface area contributed by atoms with Gasteiger partial charge in [-0.1, -0.05) is 134 Å². The quantitative estimate of drug-likeness (QED) is 0.453. The molecule has 0 aliphatic carbocycles. The summed E-state index contributed by atoms with van der Waals surface area (Å²) in [7, 11) is 1.00. The fraction of sp³-hybridized carbons (Fsp3) is 0.429. The minimum atomic E-state index is 0.300. The number of benzene rings is 1. The molecule has 0 spiro atoms. The minimum absolute atomic E-state index is 0.300. The van der Waals surface area contributed by atoms with Crippen LogP contribution in [0.5, 0.6) is 0 Å². The lowest BCUT2D eigenvalue weighted by molar-refractivity contribution is 0.399. The molecule has 0 saturated carbocycles. The Morgan fingerprint density at radius 1 is 0.793 bits per heavy atom. The van der Waals surface area contributed by atoms with Gasteiger partial charge in [-0.3, -0.25) is 0 Å². The van der Waals surface area contributed by atoms with Crippen LogP contribution >= 0.6 is 0 Å². The van der Waals surface area contributed by atoms with Crippen LogP contribution in [0.25, 0.3) is 0 Å². The van der Waals surface area contributed by atoms with Crippen LogP contribution in [0.3, 0.4) is 0 Å². The molecule has 0 radical (unpaired) electrons. The lowest BCUT2D eigenvalue weighted by Gasteiger charge is -2.23. The molecule has 0 bridgehead atoms. The van der Waals surface area contributed by atoms with Gasteiger partial charge >= 0.3 is 0 Å². The molecule has 0 aliphatic rings. The molecule has 0 fully saturated rings. The highest BCUT2D eigenvalue weighted by molar-refractivity contribution is 5.36. The monoisotopic (exact) mass is 400 g/mol. The van der Waals surface area contributed by atoms with E-state index in [1.54, 1.807) is 0 Å². The minimum Gasteiger partial charge on any atom is -0.400 e. The maximum atomic E-state index is 7.00. The van der Waals surface area contributed by atoms with Gasteiger partial charge in [0.05, 0.1) is 0 Å². The van der Waals surface area contributed by atoms with E-state index >= 15 is 0 Å². The van der Waals surface area contributed by atoms with E-state index in [4.69, 9.17) is 5.11 Å². The summed E-state index contributed by atoms with van der Waals surface area (Å²) in [6.45, 7) is 22.6. The van der Waals surface area contributed by atoms with Crippen LogP contribution < -0.4 is 0 Å². The molecule has 0 heterocycles. The Hall–Kier alpha value is -2.12. The zero-order valence-electron chi connectivity index (χ0n) is 20.8. The molecule has 1 rings (SSSR count). The molecule has 0 saturated heterocycles. The number of rotatable bonds is 7. The molecule has 0 aromatic heterocycles. The van der Waals surface area contributed by atoms with E-state index in [1.807, 2.05) is 73.6 Å². The molecule has 1 heteroatoms. The molecule has 2 unspecified atom stereocenters. The van der Waals surface area contributed by atoms with E-state index in [0.29, 0.717) is 11.8 Å². The number of hydrogen-bond acceptors (Lipinski definition) is 1. The predicted octanol–water partition coefficient (Wildman–Crippen LogP) is 8.91. The standard InChI is InChI=1S/C21H26.3C2H6.CH4O/c1-5-7-10-14-18(3)21(19(4)15-11-8-6-2)20-16-12-9-13-17-20;4*1-2/h5-17,19,21H,3H2,1-2,4H3;3*1-2H3;2H,1H3/b7-5-,8-6-,14-10-,15-11-;;;;. The summed E-state index contributed by atoms with van der Waals surface area (Å²) in [5.74, 6) is 0.695. The van der Waals surface area contributed by atoms with Gasteiger partial charge in [-0.05, 0) is 30.9 Å². The van der Waals surface area contributed by atoms with E-state index in [-0.39, 0.29) is 0 Å². The molecule has 0 amide bonds. The molecule has 1 N–H and O–H groups in total. The Labute approximate surface area is 183 Å². The normalized spacial score (nSPS) is 12.0. The van der Waals surface area contributed by atoms with Crippen molar-refractivity contribution in [2.45, 2.75) is 68.2 Å². The third-order valence-corrected chi connectivity index (χ3v) is 3.42. The third-order valence-electron chi connectivity index (χ3n) is 3.42. The fourth-order valence-corrected chi connectivity index (χ4v) is 2.37. The van der Waals surface area contributed by atoms with Crippen molar-refractivity contribution in [2.75, 3.05) is 7.11 Å².